The van der Waals surface area contributed by atoms with E-state index in [2.05, 4.69) is 45.0 Å². The lowest BCUT2D eigenvalue weighted by Crippen LogP contribution is -2.56. The van der Waals surface area contributed by atoms with Gasteiger partial charge < -0.3 is 0 Å². The second-order valence-corrected chi connectivity index (χ2v) is 5.99. The summed E-state index contributed by atoms with van der Waals surface area (Å²) >= 11 is 0. The third kappa shape index (κ3) is 1.23. The van der Waals surface area contributed by atoms with Crippen LogP contribution < -0.4 is 0 Å². The van der Waals surface area contributed by atoms with Gasteiger partial charge in [0.1, 0.15) is 5.78 Å². The summed E-state index contributed by atoms with van der Waals surface area (Å²) in [4.78, 5) is 12.3. The first kappa shape index (κ1) is 11.0. The van der Waals surface area contributed by atoms with E-state index in [0.29, 0.717) is 23.5 Å². The Hall–Kier alpha value is -1.11. The molecule has 3 rings (SSSR count). The number of ketones is 1. The van der Waals surface area contributed by atoms with Crippen LogP contribution in [0.5, 0.6) is 0 Å². The van der Waals surface area contributed by atoms with Crippen molar-refractivity contribution in [1.29, 1.82) is 0 Å². The number of carbonyl (C=O) groups excluding carboxylic acids is 1. The number of Topliss-reactive ketones (excluding diaryl/α,β-unsaturated/α-hetero) is 1. The fraction of sp³-hybridized carbons (Fsp3) is 0.562. The number of fused-ring (bicyclic) bond motifs is 3. The van der Waals surface area contributed by atoms with Crippen LogP contribution >= 0.6 is 0 Å². The van der Waals surface area contributed by atoms with Crippen molar-refractivity contribution in [3.63, 3.8) is 0 Å². The molecular weight excluding hydrogens is 208 g/mol. The molecule has 17 heavy (non-hydrogen) atoms. The molecule has 1 nitrogen and oxygen atoms in total. The van der Waals surface area contributed by atoms with Crippen molar-refractivity contribution in [2.45, 2.75) is 45.4 Å². The highest BCUT2D eigenvalue weighted by Crippen LogP contribution is 2.61. The fourth-order valence-electron chi connectivity index (χ4n) is 4.02. The van der Waals surface area contributed by atoms with Gasteiger partial charge in [-0.2, -0.15) is 0 Å². The van der Waals surface area contributed by atoms with Gasteiger partial charge in [-0.1, -0.05) is 45.0 Å². The van der Waals surface area contributed by atoms with E-state index < -0.39 is 0 Å². The van der Waals surface area contributed by atoms with Crippen LogP contribution in [-0.4, -0.2) is 5.78 Å². The Morgan fingerprint density at radius 2 is 1.94 bits per heavy atom. The van der Waals surface area contributed by atoms with E-state index in [-0.39, 0.29) is 5.41 Å². The Kier molecular flexibility index (Phi) is 2.23. The fourth-order valence-corrected chi connectivity index (χ4v) is 4.02. The van der Waals surface area contributed by atoms with Crippen LogP contribution in [0.2, 0.25) is 0 Å². The second kappa shape index (κ2) is 3.44. The summed E-state index contributed by atoms with van der Waals surface area (Å²) in [6.45, 7) is 6.56. The molecule has 0 aliphatic heterocycles. The van der Waals surface area contributed by atoms with Crippen molar-refractivity contribution < 1.29 is 4.79 Å². The normalized spacial score (nSPS) is 39.2. The minimum atomic E-state index is -0.0963. The molecule has 0 radical (unpaired) electrons. The van der Waals surface area contributed by atoms with Gasteiger partial charge in [0, 0.05) is 17.3 Å². The number of hydrogen-bond acceptors (Lipinski definition) is 1. The van der Waals surface area contributed by atoms with Crippen molar-refractivity contribution in [3.05, 3.63) is 35.4 Å². The number of hydrogen-bond donors (Lipinski definition) is 0. The second-order valence-electron chi connectivity index (χ2n) is 5.99. The first-order chi connectivity index (χ1) is 8.09. The summed E-state index contributed by atoms with van der Waals surface area (Å²) in [7, 11) is 0. The maximum Gasteiger partial charge on any atom is 0.143 e. The number of benzene rings is 1. The van der Waals surface area contributed by atoms with Gasteiger partial charge in [0.15, 0.2) is 0 Å². The van der Waals surface area contributed by atoms with E-state index in [1.54, 1.807) is 0 Å². The van der Waals surface area contributed by atoms with E-state index in [4.69, 9.17) is 0 Å². The molecular formula is C16H20O. The van der Waals surface area contributed by atoms with Crippen molar-refractivity contribution >= 4 is 5.78 Å². The molecule has 90 valence electrons. The molecule has 0 spiro atoms. The maximum absolute atomic E-state index is 12.3. The van der Waals surface area contributed by atoms with Crippen molar-refractivity contribution in [2.24, 2.45) is 11.3 Å². The van der Waals surface area contributed by atoms with Gasteiger partial charge in [-0.05, 0) is 29.9 Å². The minimum absolute atomic E-state index is 0.0963. The lowest BCUT2D eigenvalue weighted by atomic mass is 9.46. The maximum atomic E-state index is 12.3. The Balaban J connectivity index is 2.11. The van der Waals surface area contributed by atoms with E-state index in [0.717, 1.165) is 12.8 Å². The van der Waals surface area contributed by atoms with Crippen LogP contribution in [-0.2, 0) is 4.79 Å². The highest BCUT2D eigenvalue weighted by molar-refractivity contribution is 5.96. The molecule has 1 heteroatoms. The molecule has 0 saturated heterocycles. The van der Waals surface area contributed by atoms with E-state index in [9.17, 15) is 4.79 Å². The zero-order valence-electron chi connectivity index (χ0n) is 10.9. The zero-order valence-corrected chi connectivity index (χ0v) is 10.9. The van der Waals surface area contributed by atoms with Gasteiger partial charge >= 0.3 is 0 Å². The molecule has 0 heterocycles. The highest BCUT2D eigenvalue weighted by Gasteiger charge is 2.60. The predicted octanol–water partition coefficient (Wildman–Crippen LogP) is 3.89. The monoisotopic (exact) mass is 228 g/mol. The lowest BCUT2D eigenvalue weighted by Gasteiger charge is -2.55. The molecule has 2 aliphatic rings. The number of rotatable bonds is 1. The Bertz CT molecular complexity index is 476. The summed E-state index contributed by atoms with van der Waals surface area (Å²) in [5, 5.41) is 0. The van der Waals surface area contributed by atoms with Gasteiger partial charge in [-0.3, -0.25) is 4.79 Å². The largest absolute Gasteiger partial charge is 0.299 e. The molecule has 0 N–H and O–H groups in total. The quantitative estimate of drug-likeness (QED) is 0.712. The van der Waals surface area contributed by atoms with Crippen molar-refractivity contribution in [2.75, 3.05) is 0 Å². The first-order valence-electron chi connectivity index (χ1n) is 6.72. The first-order valence-corrected chi connectivity index (χ1v) is 6.72. The summed E-state index contributed by atoms with van der Waals surface area (Å²) in [6.07, 6.45) is 2.02. The lowest BCUT2D eigenvalue weighted by molar-refractivity contribution is -0.150. The summed E-state index contributed by atoms with van der Waals surface area (Å²) < 4.78 is 0. The SMILES string of the molecule is CCC1(C)C(=O)C2CC(C)c3ccccc3C21. The van der Waals surface area contributed by atoms with Gasteiger partial charge in [0.05, 0.1) is 0 Å². The van der Waals surface area contributed by atoms with E-state index in [1.807, 2.05) is 0 Å². The van der Waals surface area contributed by atoms with Crippen molar-refractivity contribution in [1.82, 2.24) is 0 Å². The molecule has 4 atom stereocenters. The zero-order chi connectivity index (χ0) is 12.2. The average molecular weight is 228 g/mol. The third-order valence-electron chi connectivity index (χ3n) is 5.19. The van der Waals surface area contributed by atoms with Gasteiger partial charge in [-0.15, -0.1) is 0 Å². The molecule has 4 unspecified atom stereocenters. The number of carbonyl (C=O) groups is 1. The van der Waals surface area contributed by atoms with Crippen LogP contribution in [0, 0.1) is 11.3 Å². The third-order valence-corrected chi connectivity index (χ3v) is 5.19. The van der Waals surface area contributed by atoms with Gasteiger partial charge in [-0.25, -0.2) is 0 Å². The molecule has 0 amide bonds. The minimum Gasteiger partial charge on any atom is -0.299 e. The van der Waals surface area contributed by atoms with Crippen LogP contribution in [0.1, 0.15) is 56.6 Å². The van der Waals surface area contributed by atoms with Crippen LogP contribution in [0.4, 0.5) is 0 Å². The summed E-state index contributed by atoms with van der Waals surface area (Å²) in [5.41, 5.74) is 2.82. The predicted molar refractivity (Wildman–Crippen MR) is 69.1 cm³/mol. The summed E-state index contributed by atoms with van der Waals surface area (Å²) in [5.74, 6) is 1.82. The van der Waals surface area contributed by atoms with Crippen LogP contribution in [0.25, 0.3) is 0 Å². The topological polar surface area (TPSA) is 17.1 Å². The highest BCUT2D eigenvalue weighted by atomic mass is 16.1. The molecule has 0 bridgehead atoms. The van der Waals surface area contributed by atoms with Gasteiger partial charge in [0.25, 0.3) is 0 Å². The molecule has 2 aliphatic carbocycles. The smallest absolute Gasteiger partial charge is 0.143 e. The van der Waals surface area contributed by atoms with E-state index >= 15 is 0 Å². The molecule has 1 aromatic carbocycles. The van der Waals surface area contributed by atoms with Gasteiger partial charge in [0.2, 0.25) is 0 Å². The Labute approximate surface area is 103 Å². The molecule has 1 aromatic rings. The molecule has 1 fully saturated rings. The van der Waals surface area contributed by atoms with Crippen molar-refractivity contribution in [3.8, 4) is 0 Å². The molecule has 0 aromatic heterocycles. The summed E-state index contributed by atoms with van der Waals surface area (Å²) in [6, 6.07) is 8.73. The Morgan fingerprint density at radius 1 is 1.29 bits per heavy atom. The van der Waals surface area contributed by atoms with E-state index in [1.165, 1.54) is 11.1 Å². The van der Waals surface area contributed by atoms with Crippen LogP contribution in [0.3, 0.4) is 0 Å². The Morgan fingerprint density at radius 3 is 2.59 bits per heavy atom. The standard InChI is InChI=1S/C16H20O/c1-4-16(3)14-12-8-6-5-7-11(12)10(2)9-13(14)15(16)17/h5-8,10,13-14H,4,9H2,1-3H3. The molecule has 1 saturated carbocycles. The van der Waals surface area contributed by atoms with Crippen LogP contribution in [0.15, 0.2) is 24.3 Å². The average Bonchev–Trinajstić information content (AvgIpc) is 2.37.